The number of esters is 1. The van der Waals surface area contributed by atoms with E-state index in [1.807, 2.05) is 24.3 Å². The van der Waals surface area contributed by atoms with Crippen molar-refractivity contribution >= 4 is 17.9 Å². The van der Waals surface area contributed by atoms with Crippen molar-refractivity contribution in [3.63, 3.8) is 0 Å². The summed E-state index contributed by atoms with van der Waals surface area (Å²) < 4.78 is 5.01. The summed E-state index contributed by atoms with van der Waals surface area (Å²) in [5.41, 5.74) is 1.80. The Kier molecular flexibility index (Phi) is 3.00. The van der Waals surface area contributed by atoms with Gasteiger partial charge in [0.05, 0.1) is 6.20 Å². The van der Waals surface area contributed by atoms with Gasteiger partial charge in [0.1, 0.15) is 0 Å². The van der Waals surface area contributed by atoms with Crippen LogP contribution in [0.25, 0.3) is 0 Å². The van der Waals surface area contributed by atoms with Crippen molar-refractivity contribution in [1.29, 1.82) is 0 Å². The van der Waals surface area contributed by atoms with Crippen LogP contribution >= 0.6 is 0 Å². The summed E-state index contributed by atoms with van der Waals surface area (Å²) in [6.45, 7) is 3.45. The van der Waals surface area contributed by atoms with E-state index < -0.39 is 5.97 Å². The van der Waals surface area contributed by atoms with E-state index >= 15 is 0 Å². The molecule has 1 aromatic rings. The monoisotopic (exact) mass is 215 g/mol. The molecule has 0 saturated heterocycles. The topological polar surface area (TPSA) is 50.7 Å². The molecule has 0 saturated carbocycles. The maximum absolute atomic E-state index is 11.1. The number of ether oxygens (including phenoxy) is 1. The highest BCUT2D eigenvalue weighted by Gasteiger charge is 2.09. The summed E-state index contributed by atoms with van der Waals surface area (Å²) in [6, 6.07) is 7.62. The van der Waals surface area contributed by atoms with Gasteiger partial charge in [0.15, 0.2) is 0 Å². The van der Waals surface area contributed by atoms with Crippen LogP contribution in [0.5, 0.6) is 0 Å². The summed E-state index contributed by atoms with van der Waals surface area (Å²) >= 11 is 0. The first kappa shape index (κ1) is 10.4. The van der Waals surface area contributed by atoms with Gasteiger partial charge in [-0.2, -0.15) is 0 Å². The first-order chi connectivity index (χ1) is 7.79. The van der Waals surface area contributed by atoms with Crippen molar-refractivity contribution < 1.29 is 9.53 Å². The van der Waals surface area contributed by atoms with Crippen molar-refractivity contribution in [2.75, 3.05) is 5.32 Å². The molecule has 1 aliphatic heterocycles. The molecule has 0 aliphatic carbocycles. The fourth-order valence-electron chi connectivity index (χ4n) is 1.30. The molecule has 4 heteroatoms. The molecule has 4 nitrogen and oxygen atoms in total. The molecule has 1 aromatic carbocycles. The lowest BCUT2D eigenvalue weighted by atomic mass is 10.2. The number of aliphatic imine (C=N–C) groups is 1. The molecule has 81 valence electrons. The average Bonchev–Trinajstić information content (AvgIpc) is 2.50. The van der Waals surface area contributed by atoms with Crippen molar-refractivity contribution in [3.05, 3.63) is 48.8 Å². The normalized spacial score (nSPS) is 13.2. The molecule has 1 N–H and O–H groups in total. The second-order valence-corrected chi connectivity index (χ2v) is 3.21. The van der Waals surface area contributed by atoms with E-state index in [-0.39, 0.29) is 6.42 Å². The summed E-state index contributed by atoms with van der Waals surface area (Å²) in [4.78, 5) is 15.1. The molecule has 0 aromatic heterocycles. The predicted molar refractivity (Wildman–Crippen MR) is 61.8 cm³/mol. The van der Waals surface area contributed by atoms with Gasteiger partial charge < -0.3 is 10.1 Å². The van der Waals surface area contributed by atoms with E-state index in [0.717, 1.165) is 11.3 Å². The number of anilines is 1. The number of hydrogen-bond donors (Lipinski definition) is 1. The van der Waals surface area contributed by atoms with E-state index in [4.69, 9.17) is 4.74 Å². The summed E-state index contributed by atoms with van der Waals surface area (Å²) in [6.07, 6.45) is 3.26. The summed E-state index contributed by atoms with van der Waals surface area (Å²) in [5, 5.41) is 2.99. The van der Waals surface area contributed by atoms with Crippen molar-refractivity contribution in [3.8, 4) is 0 Å². The molecule has 1 aliphatic rings. The Bertz CT molecular complexity index is 464. The minimum Gasteiger partial charge on any atom is -0.408 e. The highest BCUT2D eigenvalue weighted by molar-refractivity contribution is 5.89. The minimum absolute atomic E-state index is 0.0877. The molecule has 0 unspecified atom stereocenters. The number of hydrogen-bond acceptors (Lipinski definition) is 4. The first-order valence-corrected chi connectivity index (χ1v) is 4.89. The van der Waals surface area contributed by atoms with Gasteiger partial charge in [0.25, 0.3) is 0 Å². The lowest BCUT2D eigenvalue weighted by Gasteiger charge is -2.09. The molecular weight excluding hydrogens is 204 g/mol. The number of rotatable bonds is 2. The Morgan fingerprint density at radius 3 is 3.06 bits per heavy atom. The van der Waals surface area contributed by atoms with Crippen LogP contribution in [0.4, 0.5) is 5.69 Å². The molecule has 1 radical (unpaired) electrons. The maximum atomic E-state index is 11.1. The van der Waals surface area contributed by atoms with E-state index in [0.29, 0.717) is 5.88 Å². The molecular formula is C12H11N2O2. The van der Waals surface area contributed by atoms with Gasteiger partial charge in [0, 0.05) is 23.9 Å². The van der Waals surface area contributed by atoms with Crippen LogP contribution in [-0.2, 0) is 9.53 Å². The van der Waals surface area contributed by atoms with Crippen molar-refractivity contribution in [1.82, 2.24) is 0 Å². The SMILES string of the molecule is [CH2]CC(=O)OC1=CN=Cc2ccccc2N1. The van der Waals surface area contributed by atoms with Crippen LogP contribution in [0, 0.1) is 6.92 Å². The Labute approximate surface area is 93.6 Å². The average molecular weight is 215 g/mol. The highest BCUT2D eigenvalue weighted by atomic mass is 16.5. The number of nitrogens with one attached hydrogen (secondary N) is 1. The van der Waals surface area contributed by atoms with Gasteiger partial charge in [-0.25, -0.2) is 0 Å². The zero-order valence-electron chi connectivity index (χ0n) is 8.64. The van der Waals surface area contributed by atoms with Crippen molar-refractivity contribution in [2.24, 2.45) is 4.99 Å². The largest absolute Gasteiger partial charge is 0.408 e. The van der Waals surface area contributed by atoms with Gasteiger partial charge in [-0.3, -0.25) is 9.79 Å². The quantitative estimate of drug-likeness (QED) is 0.768. The van der Waals surface area contributed by atoms with Crippen LogP contribution < -0.4 is 5.32 Å². The van der Waals surface area contributed by atoms with Crippen molar-refractivity contribution in [2.45, 2.75) is 6.42 Å². The number of fused-ring (bicyclic) bond motifs is 1. The Hall–Kier alpha value is -2.10. The fraction of sp³-hybridized carbons (Fsp3) is 0.0833. The third-order valence-electron chi connectivity index (χ3n) is 2.05. The first-order valence-electron chi connectivity index (χ1n) is 4.89. The lowest BCUT2D eigenvalue weighted by Crippen LogP contribution is -2.09. The number of carbonyl (C=O) groups excluding carboxylic acids is 1. The summed E-state index contributed by atoms with van der Waals surface area (Å²) in [7, 11) is 0. The maximum Gasteiger partial charge on any atom is 0.312 e. The van der Waals surface area contributed by atoms with Gasteiger partial charge in [-0.15, -0.1) is 0 Å². The smallest absolute Gasteiger partial charge is 0.312 e. The molecule has 0 fully saturated rings. The lowest BCUT2D eigenvalue weighted by molar-refractivity contribution is -0.138. The molecule has 0 bridgehead atoms. The van der Waals surface area contributed by atoms with E-state index in [1.165, 1.54) is 6.20 Å². The Balaban J connectivity index is 2.19. The highest BCUT2D eigenvalue weighted by Crippen LogP contribution is 2.18. The van der Waals surface area contributed by atoms with Crippen LogP contribution in [0.3, 0.4) is 0 Å². The van der Waals surface area contributed by atoms with Gasteiger partial charge in [-0.05, 0) is 13.0 Å². The van der Waals surface area contributed by atoms with Gasteiger partial charge >= 0.3 is 5.97 Å². The van der Waals surface area contributed by atoms with Gasteiger partial charge in [-0.1, -0.05) is 18.2 Å². The van der Waals surface area contributed by atoms with Crippen LogP contribution in [-0.4, -0.2) is 12.2 Å². The van der Waals surface area contributed by atoms with E-state index in [9.17, 15) is 4.79 Å². The molecule has 16 heavy (non-hydrogen) atoms. The zero-order chi connectivity index (χ0) is 11.4. The minimum atomic E-state index is -0.395. The van der Waals surface area contributed by atoms with E-state index in [2.05, 4.69) is 17.2 Å². The second kappa shape index (κ2) is 4.61. The van der Waals surface area contributed by atoms with Gasteiger partial charge in [0.2, 0.25) is 5.88 Å². The molecule has 2 rings (SSSR count). The molecule has 1 heterocycles. The third kappa shape index (κ3) is 2.28. The molecule has 0 amide bonds. The number of para-hydroxylation sites is 1. The Morgan fingerprint density at radius 2 is 2.25 bits per heavy atom. The van der Waals surface area contributed by atoms with Crippen LogP contribution in [0.2, 0.25) is 0 Å². The second-order valence-electron chi connectivity index (χ2n) is 3.21. The fourth-order valence-corrected chi connectivity index (χ4v) is 1.30. The number of nitrogens with zero attached hydrogens (tertiary/aromatic N) is 1. The van der Waals surface area contributed by atoms with Crippen LogP contribution in [0.15, 0.2) is 41.3 Å². The third-order valence-corrected chi connectivity index (χ3v) is 2.05. The Morgan fingerprint density at radius 1 is 1.44 bits per heavy atom. The number of benzene rings is 1. The predicted octanol–water partition coefficient (Wildman–Crippen LogP) is 2.10. The zero-order valence-corrected chi connectivity index (χ0v) is 8.64. The molecule has 0 atom stereocenters. The summed E-state index contributed by atoms with van der Waals surface area (Å²) in [5.74, 6) is -0.0804. The molecule has 0 spiro atoms. The van der Waals surface area contributed by atoms with Crippen LogP contribution in [0.1, 0.15) is 12.0 Å². The number of carbonyl (C=O) groups is 1. The van der Waals surface area contributed by atoms with E-state index in [1.54, 1.807) is 6.21 Å². The standard InChI is InChI=1S/C12H11N2O2/c1-2-12(15)16-11-8-13-7-9-5-3-4-6-10(9)14-11/h3-8,14H,1-2H2.